The van der Waals surface area contributed by atoms with Crippen LogP contribution in [-0.2, 0) is 13.1 Å². The van der Waals surface area contributed by atoms with Gasteiger partial charge < -0.3 is 15.2 Å². The number of anilines is 1. The molecule has 0 aliphatic carbocycles. The summed E-state index contributed by atoms with van der Waals surface area (Å²) in [6.07, 6.45) is 4.00. The highest BCUT2D eigenvalue weighted by molar-refractivity contribution is 6.04. The molecule has 1 atom stereocenters. The van der Waals surface area contributed by atoms with E-state index in [-0.39, 0.29) is 11.1 Å². The number of aromatic nitrogens is 3. The molecule has 1 aliphatic rings. The zero-order chi connectivity index (χ0) is 21.8. The van der Waals surface area contributed by atoms with Crippen molar-refractivity contribution in [3.05, 3.63) is 81.4 Å². The first kappa shape index (κ1) is 21.1. The van der Waals surface area contributed by atoms with Gasteiger partial charge in [0.1, 0.15) is 5.56 Å². The van der Waals surface area contributed by atoms with Crippen molar-refractivity contribution in [2.45, 2.75) is 39.8 Å². The average molecular weight is 420 g/mol. The molecule has 0 saturated carbocycles. The van der Waals surface area contributed by atoms with Crippen LogP contribution in [0, 0.1) is 19.8 Å². The molecule has 1 unspecified atom stereocenters. The number of hydrogen-bond acceptors (Lipinski definition) is 4. The molecule has 0 spiro atoms. The second kappa shape index (κ2) is 9.31. The topological polar surface area (TPSA) is 81.0 Å². The Morgan fingerprint density at radius 1 is 1.23 bits per heavy atom. The highest BCUT2D eigenvalue weighted by Gasteiger charge is 2.20. The van der Waals surface area contributed by atoms with Crippen LogP contribution in [0.1, 0.15) is 40.0 Å². The Morgan fingerprint density at radius 3 is 2.77 bits per heavy atom. The minimum absolute atomic E-state index is 0.182. The molecular formula is C24H29N5O2. The van der Waals surface area contributed by atoms with Gasteiger partial charge in [-0.25, -0.2) is 0 Å². The zero-order valence-corrected chi connectivity index (χ0v) is 18.1. The molecule has 3 aromatic rings. The molecule has 0 bridgehead atoms. The minimum atomic E-state index is -0.414. The van der Waals surface area contributed by atoms with Crippen molar-refractivity contribution in [2.75, 3.05) is 18.4 Å². The highest BCUT2D eigenvalue weighted by atomic mass is 16.2. The van der Waals surface area contributed by atoms with E-state index in [0.717, 1.165) is 37.2 Å². The quantitative estimate of drug-likeness (QED) is 0.644. The third kappa shape index (κ3) is 4.94. The van der Waals surface area contributed by atoms with E-state index in [0.29, 0.717) is 30.4 Å². The normalized spacial score (nSPS) is 16.3. The maximum absolute atomic E-state index is 13.1. The number of rotatable bonds is 6. The number of nitrogens with zero attached hydrogens (tertiary/aromatic N) is 3. The smallest absolute Gasteiger partial charge is 0.263 e. The van der Waals surface area contributed by atoms with E-state index >= 15 is 0 Å². The van der Waals surface area contributed by atoms with E-state index in [1.807, 2.05) is 54.1 Å². The number of hydrogen-bond donors (Lipinski definition) is 2. The van der Waals surface area contributed by atoms with Crippen LogP contribution in [0.5, 0.6) is 0 Å². The lowest BCUT2D eigenvalue weighted by molar-refractivity contribution is 0.102. The number of carbonyl (C=O) groups excluding carboxylic acids is 1. The molecule has 1 amide bonds. The highest BCUT2D eigenvalue weighted by Crippen LogP contribution is 2.15. The van der Waals surface area contributed by atoms with E-state index in [9.17, 15) is 9.59 Å². The summed E-state index contributed by atoms with van der Waals surface area (Å²) in [5.74, 6) is 0.438. The maximum Gasteiger partial charge on any atom is 0.263 e. The van der Waals surface area contributed by atoms with Crippen LogP contribution in [0.25, 0.3) is 0 Å². The van der Waals surface area contributed by atoms with Gasteiger partial charge in [0.05, 0.1) is 6.54 Å². The first-order chi connectivity index (χ1) is 15.0. The van der Waals surface area contributed by atoms with Gasteiger partial charge in [0, 0.05) is 24.5 Å². The van der Waals surface area contributed by atoms with Gasteiger partial charge in [-0.2, -0.15) is 5.10 Å². The largest absolute Gasteiger partial charge is 0.316 e. The van der Waals surface area contributed by atoms with Gasteiger partial charge in [-0.05, 0) is 62.9 Å². The first-order valence-corrected chi connectivity index (χ1v) is 10.8. The van der Waals surface area contributed by atoms with Gasteiger partial charge in [-0.3, -0.25) is 14.3 Å². The third-order valence-electron chi connectivity index (χ3n) is 5.85. The summed E-state index contributed by atoms with van der Waals surface area (Å²) in [7, 11) is 0. The van der Waals surface area contributed by atoms with Crippen LogP contribution < -0.4 is 16.2 Å². The molecule has 3 heterocycles. The molecule has 2 N–H and O–H groups in total. The minimum Gasteiger partial charge on any atom is -0.316 e. The van der Waals surface area contributed by atoms with Crippen molar-refractivity contribution >= 4 is 11.7 Å². The van der Waals surface area contributed by atoms with Crippen LogP contribution in [0.3, 0.4) is 0 Å². The second-order valence-corrected chi connectivity index (χ2v) is 8.31. The molecule has 1 aliphatic heterocycles. The number of carbonyl (C=O) groups is 1. The fourth-order valence-corrected chi connectivity index (χ4v) is 4.11. The number of nitrogens with one attached hydrogen (secondary N) is 2. The zero-order valence-electron chi connectivity index (χ0n) is 18.1. The van der Waals surface area contributed by atoms with E-state index < -0.39 is 5.91 Å². The van der Waals surface area contributed by atoms with Gasteiger partial charge in [-0.1, -0.05) is 30.3 Å². The standard InChI is InChI=1S/C24H29N5O2/c1-17-10-12-28(15-20-9-6-11-25-14-20)24(31)22(17)23(30)26-21-13-18(2)29(27-21)16-19-7-4-3-5-8-19/h3-5,7-8,10,12-13,20,25H,6,9,11,14-16H2,1-2H3,(H,26,27,30). The third-order valence-corrected chi connectivity index (χ3v) is 5.85. The summed E-state index contributed by atoms with van der Waals surface area (Å²) in [5, 5.41) is 10.7. The van der Waals surface area contributed by atoms with E-state index in [4.69, 9.17) is 0 Å². The first-order valence-electron chi connectivity index (χ1n) is 10.8. The summed E-state index contributed by atoms with van der Waals surface area (Å²) >= 11 is 0. The lowest BCUT2D eigenvalue weighted by atomic mass is 9.99. The van der Waals surface area contributed by atoms with Crippen molar-refractivity contribution in [1.29, 1.82) is 0 Å². The molecule has 4 rings (SSSR count). The fraction of sp³-hybridized carbons (Fsp3) is 0.375. The SMILES string of the molecule is Cc1ccn(CC2CCCNC2)c(=O)c1C(=O)Nc1cc(C)n(Cc2ccccc2)n1. The van der Waals surface area contributed by atoms with Crippen LogP contribution in [-0.4, -0.2) is 33.3 Å². The molecule has 1 saturated heterocycles. The van der Waals surface area contributed by atoms with Gasteiger partial charge in [0.25, 0.3) is 11.5 Å². The van der Waals surface area contributed by atoms with Crippen molar-refractivity contribution in [3.8, 4) is 0 Å². The Balaban J connectivity index is 1.51. The Bertz CT molecular complexity index is 1110. The summed E-state index contributed by atoms with van der Waals surface area (Å²) < 4.78 is 3.51. The average Bonchev–Trinajstić information content (AvgIpc) is 3.10. The van der Waals surface area contributed by atoms with E-state index in [1.54, 1.807) is 17.7 Å². The monoisotopic (exact) mass is 419 g/mol. The van der Waals surface area contributed by atoms with Crippen molar-refractivity contribution in [3.63, 3.8) is 0 Å². The van der Waals surface area contributed by atoms with E-state index in [2.05, 4.69) is 15.7 Å². The predicted octanol–water partition coefficient (Wildman–Crippen LogP) is 2.96. The molecule has 7 nitrogen and oxygen atoms in total. The van der Waals surface area contributed by atoms with Crippen molar-refractivity contribution in [1.82, 2.24) is 19.7 Å². The Morgan fingerprint density at radius 2 is 2.03 bits per heavy atom. The molecule has 2 aromatic heterocycles. The summed E-state index contributed by atoms with van der Waals surface area (Å²) in [6.45, 7) is 6.92. The maximum atomic E-state index is 13.1. The Labute approximate surface area is 182 Å². The molecule has 162 valence electrons. The van der Waals surface area contributed by atoms with Gasteiger partial charge in [0.2, 0.25) is 0 Å². The van der Waals surface area contributed by atoms with Gasteiger partial charge in [0.15, 0.2) is 5.82 Å². The number of pyridine rings is 1. The summed E-state index contributed by atoms with van der Waals surface area (Å²) in [4.78, 5) is 26.1. The fourth-order valence-electron chi connectivity index (χ4n) is 4.11. The number of amides is 1. The lowest BCUT2D eigenvalue weighted by Crippen LogP contribution is -2.36. The molecular weight excluding hydrogens is 390 g/mol. The van der Waals surface area contributed by atoms with Crippen LogP contribution in [0.2, 0.25) is 0 Å². The Kier molecular flexibility index (Phi) is 6.32. The van der Waals surface area contributed by atoms with Gasteiger partial charge in [-0.15, -0.1) is 0 Å². The van der Waals surface area contributed by atoms with Crippen LogP contribution >= 0.6 is 0 Å². The number of piperidine rings is 1. The lowest BCUT2D eigenvalue weighted by Gasteiger charge is -2.23. The van der Waals surface area contributed by atoms with Crippen LogP contribution in [0.4, 0.5) is 5.82 Å². The number of aryl methyl sites for hydroxylation is 2. The molecule has 1 aromatic carbocycles. The summed E-state index contributed by atoms with van der Waals surface area (Å²) in [6, 6.07) is 13.7. The van der Waals surface area contributed by atoms with E-state index in [1.165, 1.54) is 0 Å². The van der Waals surface area contributed by atoms with Crippen molar-refractivity contribution in [2.24, 2.45) is 5.92 Å². The molecule has 0 radical (unpaired) electrons. The van der Waals surface area contributed by atoms with Gasteiger partial charge >= 0.3 is 0 Å². The second-order valence-electron chi connectivity index (χ2n) is 8.31. The molecule has 31 heavy (non-hydrogen) atoms. The molecule has 1 fully saturated rings. The number of benzene rings is 1. The predicted molar refractivity (Wildman–Crippen MR) is 121 cm³/mol. The summed E-state index contributed by atoms with van der Waals surface area (Å²) in [5.41, 5.74) is 2.67. The van der Waals surface area contributed by atoms with Crippen LogP contribution in [0.15, 0.2) is 53.5 Å². The molecule has 7 heteroatoms. The van der Waals surface area contributed by atoms with Crippen molar-refractivity contribution < 1.29 is 4.79 Å². The Hall–Kier alpha value is -3.19.